The van der Waals surface area contributed by atoms with Crippen molar-refractivity contribution >= 4 is 164 Å². The van der Waals surface area contributed by atoms with Gasteiger partial charge in [0.25, 0.3) is 0 Å². The molecule has 0 spiro atoms. The highest BCUT2D eigenvalue weighted by molar-refractivity contribution is 7.52. The summed E-state index contributed by atoms with van der Waals surface area (Å²) in [5, 5.41) is 97.6. The van der Waals surface area contributed by atoms with Gasteiger partial charge in [-0.05, 0) is 33.1 Å². The zero-order valence-electron chi connectivity index (χ0n) is 63.0. The summed E-state index contributed by atoms with van der Waals surface area (Å²) >= 11 is 0. The van der Waals surface area contributed by atoms with Gasteiger partial charge >= 0.3 is 102 Å². The number of hydrogen-bond donors (Lipinski definition) is 33. The standard InChI is InChI=1S/C7H12N2O2.C6H12N3O5P.C6H14N3O5P.C5H10N3O5P.2C5H12N3O5P.2C4H10N3O5P.C3H8N3OP.H2O/c1-5(8)9-4-2-3-6(9)7(10)11;7-6-8(2-1-5(10)11)3-4-9(6)15(12,13)14;1-2-3-9(4-5(10)11)6(7)8-15(12,13)14;6-5-7(3-4(9)10)1-2-8(5)14(11,12)13;1-8(3-2-4(9)10)5(6)7-14(11,12)13;1-2-8(3-4(9)10)5(6)7-14(11,12)13;1-7(2-3(8)9)4(5)6-13(10,11)12;5-4(7-13(10,11)12)6-2-1-3(8)9;1-6(2-8-7)3(4)5;/h6,8H,2-4H2,1H3,(H,10,11);7H,1-4H2,(H,10,11)(H2,12,13,14);2-4H2,1H3,(H,10,11)(H4,7,8,12,13,14);6H,1-3H2,(H,9,10)(H2,11,12,13);2*2-3H2,1H3,(H,9,10)(H4,6,7,11,12,13);2H2,1H3,(H,8,9)(H4,5,6,10,11,12);1-2H2,(H,8,9)(H5,5,6,7,10,11,12);2H2,1H3,(H3,4,5);1H2. The molecule has 0 aromatic rings. The summed E-state index contributed by atoms with van der Waals surface area (Å²) in [6.45, 7) is 4.77. The number of rotatable bonds is 30. The molecule has 0 saturated carbocycles. The Bertz CT molecular complexity index is 3820. The first-order valence-electron chi connectivity index (χ1n) is 31.2. The third-order valence-electron chi connectivity index (χ3n) is 12.2. The van der Waals surface area contributed by atoms with Crippen LogP contribution < -0.4 is 39.5 Å². The van der Waals surface area contributed by atoms with Gasteiger partial charge in [0.15, 0.2) is 20.4 Å². The van der Waals surface area contributed by atoms with E-state index in [0.29, 0.717) is 34.6 Å². The molecule has 3 fully saturated rings. The Morgan fingerprint density at radius 3 is 1.19 bits per heavy atom. The van der Waals surface area contributed by atoms with Crippen LogP contribution in [0.3, 0.4) is 0 Å². The van der Waals surface area contributed by atoms with Crippen LogP contribution in [0.15, 0.2) is 24.0 Å². The molecule has 0 bridgehead atoms. The molecule has 73 heteroatoms. The Kier molecular flexibility index (Phi) is 60.2. The fourth-order valence-electron chi connectivity index (χ4n) is 7.20. The van der Waals surface area contributed by atoms with E-state index >= 15 is 0 Å². The number of aliphatic imine (C=N–C) groups is 1. The van der Waals surface area contributed by atoms with Crippen LogP contribution in [0.5, 0.6) is 0 Å². The Morgan fingerprint density at radius 2 is 0.890 bits per heavy atom. The van der Waals surface area contributed by atoms with Crippen LogP contribution in [0, 0.1) is 21.6 Å². The Balaban J connectivity index is -0.000000236. The SMILES string of the molecule is CC(=N)N1CCCC1C(=O)O.CCCN(CC(=O)O)C(N)=NP(=O)(O)O.CCN(CC(=O)O)C(N)=NP(=O)(O)O.CN(CC(=O)O)C(N)=NP(=O)(O)O.CN(CCC(=O)O)C(N)=NP(=O)(O)O.CN(CP=O)C(=N)N.N=C1N(CC(=O)O)CCN1P(=O)(O)O.N=C1N(CCC(=O)O)CCN1P(=O)(O)O.NC(=NCCC(=O)O)NP(=O)(O)O.O. The highest BCUT2D eigenvalue weighted by Crippen LogP contribution is 2.43. The summed E-state index contributed by atoms with van der Waals surface area (Å²) in [5.41, 5.74) is 30.7. The summed E-state index contributed by atoms with van der Waals surface area (Å²) in [5.74, 6) is -11.3. The molecule has 3 heterocycles. The minimum Gasteiger partial charge on any atom is -0.481 e. The zero-order valence-corrected chi connectivity index (χ0v) is 70.2. The Hall–Kier alpha value is -9.50. The molecule has 0 radical (unpaired) electrons. The van der Waals surface area contributed by atoms with Crippen molar-refractivity contribution in [3.8, 4) is 0 Å². The van der Waals surface area contributed by atoms with Gasteiger partial charge in [-0.15, -0.1) is 19.1 Å². The van der Waals surface area contributed by atoms with Gasteiger partial charge in [0.2, 0.25) is 35.8 Å². The number of likely N-dealkylation sites (tertiary alicyclic amines) is 1. The van der Waals surface area contributed by atoms with Crippen molar-refractivity contribution < 1.29 is 190 Å². The third kappa shape index (κ3) is 68.5. The lowest BCUT2D eigenvalue weighted by atomic mass is 10.2. The highest BCUT2D eigenvalue weighted by atomic mass is 31.2. The van der Waals surface area contributed by atoms with Crippen LogP contribution in [-0.4, -0.2) is 390 Å². The normalized spacial score (nSPS) is 14.5. The van der Waals surface area contributed by atoms with E-state index in [-0.39, 0.29) is 116 Å². The first-order valence-corrected chi connectivity index (χ1v) is 43.2. The predicted octanol–water partition coefficient (Wildman–Crippen LogP) is -8.75. The molecule has 65 nitrogen and oxygen atoms in total. The average Bonchev–Trinajstić information content (AvgIpc) is 1.66. The molecule has 3 aliphatic rings. The molecule has 3 aliphatic heterocycles. The minimum atomic E-state index is -4.61. The summed E-state index contributed by atoms with van der Waals surface area (Å²) in [6, 6.07) is -0.451. The van der Waals surface area contributed by atoms with Crippen LogP contribution >= 0.6 is 62.7 Å². The van der Waals surface area contributed by atoms with Crippen molar-refractivity contribution in [3.63, 3.8) is 0 Å². The number of carboxylic acid groups (broad SMARTS) is 8. The van der Waals surface area contributed by atoms with Crippen molar-refractivity contribution in [1.29, 1.82) is 21.6 Å². The maximum atomic E-state index is 10.9. The van der Waals surface area contributed by atoms with Gasteiger partial charge in [0.05, 0.1) is 31.6 Å². The molecule has 686 valence electrons. The number of nitrogens with two attached hydrogens (primary N) is 6. The van der Waals surface area contributed by atoms with E-state index in [9.17, 15) is 74.9 Å². The number of nitrogens with one attached hydrogen (secondary N) is 5. The lowest BCUT2D eigenvalue weighted by molar-refractivity contribution is -0.141. The summed E-state index contributed by atoms with van der Waals surface area (Å²) < 4.78 is 95.9. The number of nitrogens with zero attached hydrogens (tertiary/aromatic N) is 15. The number of hydrogen-bond acceptors (Lipinski definition) is 21. The molecule has 3 rings (SSSR count). The molecule has 118 heavy (non-hydrogen) atoms. The lowest BCUT2D eigenvalue weighted by Gasteiger charge is -2.21. The first-order chi connectivity index (χ1) is 52.7. The molecule has 1 atom stereocenters. The average molecular weight is 1880 g/mol. The molecular formula is C45H102N26O39P8. The van der Waals surface area contributed by atoms with E-state index < -0.39 is 164 Å². The minimum absolute atomic E-state index is 0. The van der Waals surface area contributed by atoms with Crippen LogP contribution in [0.25, 0.3) is 0 Å². The molecule has 3 saturated heterocycles. The molecule has 0 aromatic carbocycles. The summed E-state index contributed by atoms with van der Waals surface area (Å²) in [4.78, 5) is 214. The number of carboxylic acids is 8. The van der Waals surface area contributed by atoms with Crippen molar-refractivity contribution in [2.24, 2.45) is 58.4 Å². The van der Waals surface area contributed by atoms with Crippen LogP contribution in [0.2, 0.25) is 0 Å². The fraction of sp³-hybridized carbons (Fsp3) is 0.622. The van der Waals surface area contributed by atoms with Gasteiger partial charge in [-0.3, -0.25) is 69.8 Å². The number of likely N-dealkylation sites (N-methyl/N-ethyl adjacent to an activating group) is 2. The quantitative estimate of drug-likeness (QED) is 0.0180. The molecule has 41 N–H and O–H groups in total. The van der Waals surface area contributed by atoms with Gasteiger partial charge in [0.1, 0.15) is 38.5 Å². The third-order valence-corrected chi connectivity index (χ3v) is 17.2. The lowest BCUT2D eigenvalue weighted by Crippen LogP contribution is -2.41. The topological polar surface area (TPSA) is 1110 Å². The Labute approximate surface area is 669 Å². The first kappa shape index (κ1) is 122. The number of amidine groups is 1. The van der Waals surface area contributed by atoms with Gasteiger partial charge in [-0.1, -0.05) is 6.92 Å². The molecule has 0 aliphatic carbocycles. The van der Waals surface area contributed by atoms with Crippen LogP contribution in [0.4, 0.5) is 0 Å². The smallest absolute Gasteiger partial charge is 0.451 e. The van der Waals surface area contributed by atoms with Gasteiger partial charge < -0.3 is 188 Å². The van der Waals surface area contributed by atoms with E-state index in [1.165, 1.54) is 23.9 Å². The molecule has 0 aromatic heterocycles. The zero-order chi connectivity index (χ0) is 93.5. The van der Waals surface area contributed by atoms with Gasteiger partial charge in [0, 0.05) is 80.0 Å². The van der Waals surface area contributed by atoms with E-state index in [1.807, 2.05) is 0 Å². The summed E-state index contributed by atoms with van der Waals surface area (Å²) in [7, 11) is -27.5. The maximum Gasteiger partial charge on any atom is 0.451 e. The van der Waals surface area contributed by atoms with Gasteiger partial charge in [-0.2, -0.15) is 0 Å². The molecular weight excluding hydrogens is 1780 g/mol. The second kappa shape index (κ2) is 58.4. The molecule has 0 amide bonds. The maximum absolute atomic E-state index is 10.9. The fourth-order valence-corrected chi connectivity index (χ4v) is 11.0. The number of guanidine groups is 8. The van der Waals surface area contributed by atoms with Crippen LogP contribution in [0.1, 0.15) is 59.3 Å². The monoisotopic (exact) mass is 1880 g/mol. The van der Waals surface area contributed by atoms with Crippen molar-refractivity contribution in [1.82, 2.24) is 53.6 Å². The number of carbonyl (C=O) groups is 8. The number of aliphatic carboxylic acids is 8. The second-order valence-corrected chi connectivity index (χ2v) is 31.8. The largest absolute Gasteiger partial charge is 0.481 e. The Morgan fingerprint density at radius 1 is 0.508 bits per heavy atom. The van der Waals surface area contributed by atoms with E-state index in [1.54, 1.807) is 37.8 Å². The van der Waals surface area contributed by atoms with Crippen LogP contribution in [-0.2, 0) is 74.9 Å². The molecule has 1 unspecified atom stereocenters. The predicted molar refractivity (Wildman–Crippen MR) is 411 cm³/mol. The van der Waals surface area contributed by atoms with E-state index in [4.69, 9.17) is 165 Å². The van der Waals surface area contributed by atoms with E-state index in [2.05, 4.69) is 24.0 Å². The van der Waals surface area contributed by atoms with Crippen molar-refractivity contribution in [2.75, 3.05) is 119 Å². The van der Waals surface area contributed by atoms with Gasteiger partial charge in [-0.25, -0.2) is 46.1 Å². The summed E-state index contributed by atoms with van der Waals surface area (Å²) in [6.07, 6.45) is 1.84. The van der Waals surface area contributed by atoms with E-state index in [0.717, 1.165) is 30.9 Å². The second-order valence-electron chi connectivity index (χ2n) is 22.0. The van der Waals surface area contributed by atoms with Crippen molar-refractivity contribution in [2.45, 2.75) is 65.3 Å². The highest BCUT2D eigenvalue weighted by Gasteiger charge is 2.38. The van der Waals surface area contributed by atoms with Crippen molar-refractivity contribution in [3.05, 3.63) is 0 Å².